The minimum absolute atomic E-state index is 0.762. The topological polar surface area (TPSA) is 56.3 Å². The summed E-state index contributed by atoms with van der Waals surface area (Å²) in [5.41, 5.74) is 5.41. The third-order valence-corrected chi connectivity index (χ3v) is 2.19. The fourth-order valence-electron chi connectivity index (χ4n) is 1.39. The second-order valence-electron chi connectivity index (χ2n) is 3.07. The van der Waals surface area contributed by atoms with Crippen molar-refractivity contribution in [3.63, 3.8) is 0 Å². The van der Waals surface area contributed by atoms with Crippen LogP contribution in [0.2, 0.25) is 0 Å². The summed E-state index contributed by atoms with van der Waals surface area (Å²) in [5.74, 6) is 0. The lowest BCUT2D eigenvalue weighted by atomic mass is 10.3. The maximum Gasteiger partial charge on any atom is 0.179 e. The Balaban J connectivity index is 2.14. The molecule has 2 N–H and O–H groups in total. The SMILES string of the molecule is N#CN1CCN(CCCN)CC1. The lowest BCUT2D eigenvalue weighted by molar-refractivity contribution is 0.173. The van der Waals surface area contributed by atoms with Gasteiger partial charge in [0.05, 0.1) is 0 Å². The van der Waals surface area contributed by atoms with E-state index in [1.807, 2.05) is 0 Å². The fraction of sp³-hybridized carbons (Fsp3) is 0.875. The maximum atomic E-state index is 8.59. The molecule has 0 aromatic rings. The third-order valence-electron chi connectivity index (χ3n) is 2.19. The van der Waals surface area contributed by atoms with Crippen LogP contribution in [0.5, 0.6) is 0 Å². The van der Waals surface area contributed by atoms with E-state index in [0.29, 0.717) is 0 Å². The van der Waals surface area contributed by atoms with Gasteiger partial charge in [-0.2, -0.15) is 5.26 Å². The average Bonchev–Trinajstić information content (AvgIpc) is 2.15. The fourth-order valence-corrected chi connectivity index (χ4v) is 1.39. The Kier molecular flexibility index (Phi) is 3.85. The first-order valence-corrected chi connectivity index (χ1v) is 4.44. The summed E-state index contributed by atoms with van der Waals surface area (Å²) in [6.45, 7) is 5.61. The number of rotatable bonds is 3. The lowest BCUT2D eigenvalue weighted by Crippen LogP contribution is -2.44. The van der Waals surface area contributed by atoms with Crippen molar-refractivity contribution in [2.45, 2.75) is 6.42 Å². The van der Waals surface area contributed by atoms with Crippen molar-refractivity contribution in [3.05, 3.63) is 0 Å². The van der Waals surface area contributed by atoms with Crippen LogP contribution in [-0.2, 0) is 0 Å². The van der Waals surface area contributed by atoms with Gasteiger partial charge in [-0.05, 0) is 19.5 Å². The zero-order valence-electron chi connectivity index (χ0n) is 7.37. The van der Waals surface area contributed by atoms with Gasteiger partial charge in [0.2, 0.25) is 0 Å². The van der Waals surface area contributed by atoms with Gasteiger partial charge in [0.15, 0.2) is 6.19 Å². The van der Waals surface area contributed by atoms with Crippen LogP contribution in [0.4, 0.5) is 0 Å². The summed E-state index contributed by atoms with van der Waals surface area (Å²) in [7, 11) is 0. The molecule has 4 nitrogen and oxygen atoms in total. The van der Waals surface area contributed by atoms with E-state index < -0.39 is 0 Å². The zero-order chi connectivity index (χ0) is 8.81. The van der Waals surface area contributed by atoms with Gasteiger partial charge in [-0.15, -0.1) is 0 Å². The number of nitrogens with two attached hydrogens (primary N) is 1. The molecular formula is C8H16N4. The molecule has 0 radical (unpaired) electrons. The third kappa shape index (κ3) is 2.68. The average molecular weight is 168 g/mol. The van der Waals surface area contributed by atoms with Gasteiger partial charge < -0.3 is 10.6 Å². The highest BCUT2D eigenvalue weighted by molar-refractivity contribution is 4.80. The van der Waals surface area contributed by atoms with Crippen molar-refractivity contribution in [2.24, 2.45) is 5.73 Å². The smallest absolute Gasteiger partial charge is 0.179 e. The summed E-state index contributed by atoms with van der Waals surface area (Å²) in [4.78, 5) is 4.17. The molecule has 12 heavy (non-hydrogen) atoms. The van der Waals surface area contributed by atoms with Gasteiger partial charge in [-0.1, -0.05) is 0 Å². The minimum Gasteiger partial charge on any atom is -0.330 e. The van der Waals surface area contributed by atoms with Crippen LogP contribution >= 0.6 is 0 Å². The molecule has 68 valence electrons. The summed E-state index contributed by atoms with van der Waals surface area (Å²) in [6, 6.07) is 0. The molecule has 0 atom stereocenters. The second-order valence-corrected chi connectivity index (χ2v) is 3.07. The Labute approximate surface area is 73.5 Å². The van der Waals surface area contributed by atoms with E-state index in [1.165, 1.54) is 0 Å². The van der Waals surface area contributed by atoms with Crippen molar-refractivity contribution < 1.29 is 0 Å². The lowest BCUT2D eigenvalue weighted by Gasteiger charge is -2.31. The van der Waals surface area contributed by atoms with Crippen molar-refractivity contribution in [1.29, 1.82) is 5.26 Å². The molecule has 0 aromatic carbocycles. The Bertz CT molecular complexity index is 155. The molecule has 0 spiro atoms. The number of hydrogen-bond donors (Lipinski definition) is 1. The first-order valence-electron chi connectivity index (χ1n) is 4.44. The Morgan fingerprint density at radius 3 is 2.42 bits per heavy atom. The molecule has 0 amide bonds. The summed E-state index contributed by atoms with van der Waals surface area (Å²) in [6.07, 6.45) is 3.22. The number of hydrogen-bond acceptors (Lipinski definition) is 4. The Morgan fingerprint density at radius 2 is 1.92 bits per heavy atom. The van der Waals surface area contributed by atoms with Gasteiger partial charge >= 0.3 is 0 Å². The molecule has 0 bridgehead atoms. The molecule has 1 aliphatic heterocycles. The van der Waals surface area contributed by atoms with Gasteiger partial charge in [-0.25, -0.2) is 0 Å². The molecule has 1 fully saturated rings. The van der Waals surface area contributed by atoms with Crippen molar-refractivity contribution in [1.82, 2.24) is 9.80 Å². The quantitative estimate of drug-likeness (QED) is 0.574. The molecule has 0 aromatic heterocycles. The first kappa shape index (κ1) is 9.30. The van der Waals surface area contributed by atoms with Gasteiger partial charge in [-0.3, -0.25) is 4.90 Å². The van der Waals surface area contributed by atoms with Gasteiger partial charge in [0.1, 0.15) is 0 Å². The molecule has 0 aliphatic carbocycles. The van der Waals surface area contributed by atoms with Crippen molar-refractivity contribution in [3.8, 4) is 6.19 Å². The number of piperazine rings is 1. The minimum atomic E-state index is 0.762. The van der Waals surface area contributed by atoms with E-state index in [2.05, 4.69) is 11.1 Å². The summed E-state index contributed by atoms with van der Waals surface area (Å²) < 4.78 is 0. The zero-order valence-corrected chi connectivity index (χ0v) is 7.37. The monoisotopic (exact) mass is 168 g/mol. The highest BCUT2D eigenvalue weighted by atomic mass is 15.2. The molecule has 0 unspecified atom stereocenters. The first-order chi connectivity index (χ1) is 5.86. The molecule has 0 saturated carbocycles. The van der Waals surface area contributed by atoms with Crippen molar-refractivity contribution >= 4 is 0 Å². The summed E-state index contributed by atoms with van der Waals surface area (Å²) >= 11 is 0. The number of nitrogens with zero attached hydrogens (tertiary/aromatic N) is 3. The highest BCUT2D eigenvalue weighted by Gasteiger charge is 2.13. The van der Waals surface area contributed by atoms with Crippen LogP contribution in [0.25, 0.3) is 0 Å². The predicted octanol–water partition coefficient (Wildman–Crippen LogP) is -0.566. The van der Waals surface area contributed by atoms with Crippen LogP contribution in [-0.4, -0.2) is 49.1 Å². The van der Waals surface area contributed by atoms with E-state index in [-0.39, 0.29) is 0 Å². The predicted molar refractivity (Wildman–Crippen MR) is 47.3 cm³/mol. The van der Waals surface area contributed by atoms with Gasteiger partial charge in [0, 0.05) is 26.2 Å². The molecule has 1 rings (SSSR count). The normalized spacial score (nSPS) is 19.2. The highest BCUT2D eigenvalue weighted by Crippen LogP contribution is 2.00. The molecule has 1 saturated heterocycles. The molecule has 1 heterocycles. The number of nitriles is 1. The molecule has 4 heteroatoms. The van der Waals surface area contributed by atoms with Gasteiger partial charge in [0.25, 0.3) is 0 Å². The second kappa shape index (κ2) is 4.96. The van der Waals surface area contributed by atoms with Crippen LogP contribution in [0.3, 0.4) is 0 Å². The van der Waals surface area contributed by atoms with Crippen LogP contribution in [0, 0.1) is 11.5 Å². The molecular weight excluding hydrogens is 152 g/mol. The van der Waals surface area contributed by atoms with Crippen molar-refractivity contribution in [2.75, 3.05) is 39.3 Å². The maximum absolute atomic E-state index is 8.59. The van der Waals surface area contributed by atoms with Crippen LogP contribution in [0.1, 0.15) is 6.42 Å². The summed E-state index contributed by atoms with van der Waals surface area (Å²) in [5, 5.41) is 8.59. The molecule has 1 aliphatic rings. The van der Waals surface area contributed by atoms with E-state index in [0.717, 1.165) is 45.7 Å². The Morgan fingerprint density at radius 1 is 1.25 bits per heavy atom. The van der Waals surface area contributed by atoms with Crippen LogP contribution < -0.4 is 5.73 Å². The Hall–Kier alpha value is -0.790. The standard InChI is InChI=1S/C8H16N4/c9-2-1-3-11-4-6-12(8-10)7-5-11/h1-7,9H2. The van der Waals surface area contributed by atoms with E-state index >= 15 is 0 Å². The largest absolute Gasteiger partial charge is 0.330 e. The van der Waals surface area contributed by atoms with E-state index in [9.17, 15) is 0 Å². The van der Waals surface area contributed by atoms with E-state index in [1.54, 1.807) is 4.90 Å². The van der Waals surface area contributed by atoms with Crippen LogP contribution in [0.15, 0.2) is 0 Å². The van der Waals surface area contributed by atoms with E-state index in [4.69, 9.17) is 11.0 Å².